The molecular formula is C13H16O2. The van der Waals surface area contributed by atoms with E-state index in [1.165, 1.54) is 5.57 Å². The molecule has 2 saturated carbocycles. The summed E-state index contributed by atoms with van der Waals surface area (Å²) in [5.41, 5.74) is 1.31. The fourth-order valence-corrected chi connectivity index (χ4v) is 3.75. The Balaban J connectivity index is 2.00. The van der Waals surface area contributed by atoms with E-state index in [9.17, 15) is 4.79 Å². The summed E-state index contributed by atoms with van der Waals surface area (Å²) in [5, 5.41) is 0. The third-order valence-electron chi connectivity index (χ3n) is 4.39. The molecule has 2 nitrogen and oxygen atoms in total. The molecule has 3 fully saturated rings. The molecule has 0 bridgehead atoms. The van der Waals surface area contributed by atoms with Crippen molar-refractivity contribution in [3.05, 3.63) is 24.8 Å². The molecule has 0 aromatic heterocycles. The summed E-state index contributed by atoms with van der Waals surface area (Å²) in [6, 6.07) is 0. The van der Waals surface area contributed by atoms with Crippen LogP contribution in [0.25, 0.3) is 0 Å². The fourth-order valence-electron chi connectivity index (χ4n) is 3.75. The maximum absolute atomic E-state index is 11.7. The van der Waals surface area contributed by atoms with Crippen LogP contribution >= 0.6 is 0 Å². The second-order valence-corrected chi connectivity index (χ2v) is 5.02. The Labute approximate surface area is 90.0 Å². The topological polar surface area (TPSA) is 26.3 Å². The van der Waals surface area contributed by atoms with Gasteiger partial charge in [-0.25, -0.2) is 0 Å². The molecule has 0 amide bonds. The molecule has 1 aliphatic heterocycles. The van der Waals surface area contributed by atoms with Gasteiger partial charge in [-0.3, -0.25) is 4.79 Å². The molecule has 5 atom stereocenters. The third kappa shape index (κ3) is 1.08. The second-order valence-electron chi connectivity index (χ2n) is 5.02. The predicted octanol–water partition coefficient (Wildman–Crippen LogP) is 2.32. The van der Waals surface area contributed by atoms with Crippen molar-refractivity contribution in [1.29, 1.82) is 0 Å². The number of carbonyl (C=O) groups excluding carboxylic acids is 1. The highest BCUT2D eigenvalue weighted by molar-refractivity contribution is 5.76. The Morgan fingerprint density at radius 1 is 1.47 bits per heavy atom. The van der Waals surface area contributed by atoms with E-state index in [0.29, 0.717) is 17.8 Å². The quantitative estimate of drug-likeness (QED) is 0.484. The van der Waals surface area contributed by atoms with Crippen LogP contribution < -0.4 is 0 Å². The summed E-state index contributed by atoms with van der Waals surface area (Å²) in [4.78, 5) is 11.7. The number of ether oxygens (including phenoxy) is 1. The molecule has 0 N–H and O–H groups in total. The van der Waals surface area contributed by atoms with Gasteiger partial charge in [0.15, 0.2) is 0 Å². The van der Waals surface area contributed by atoms with Crippen LogP contribution in [-0.4, -0.2) is 12.1 Å². The first kappa shape index (κ1) is 9.20. The summed E-state index contributed by atoms with van der Waals surface area (Å²) in [5.74, 6) is 1.46. The Hall–Kier alpha value is -1.05. The SMILES string of the molecule is C=C[C@@H]1C[C@H]2C(=O)O[C@H]3CCC(=C)[C@@H]1[C@H]32. The maximum Gasteiger partial charge on any atom is 0.309 e. The first-order valence-corrected chi connectivity index (χ1v) is 5.73. The van der Waals surface area contributed by atoms with Crippen LogP contribution in [0.5, 0.6) is 0 Å². The lowest BCUT2D eigenvalue weighted by Crippen LogP contribution is -2.31. The molecule has 3 rings (SSSR count). The number of rotatable bonds is 1. The van der Waals surface area contributed by atoms with E-state index in [2.05, 4.69) is 13.2 Å². The summed E-state index contributed by atoms with van der Waals surface area (Å²) >= 11 is 0. The molecule has 3 aliphatic rings. The number of hydrogen-bond acceptors (Lipinski definition) is 2. The number of carbonyl (C=O) groups is 1. The molecular weight excluding hydrogens is 188 g/mol. The van der Waals surface area contributed by atoms with Gasteiger partial charge in [0.25, 0.3) is 0 Å². The number of esters is 1. The van der Waals surface area contributed by atoms with Crippen LogP contribution in [0.4, 0.5) is 0 Å². The smallest absolute Gasteiger partial charge is 0.309 e. The molecule has 0 radical (unpaired) electrons. The standard InChI is InChI=1S/C13H16O2/c1-3-8-6-9-12-10(15-13(9)14)5-4-7(2)11(8)12/h3,8-12H,1-2,4-6H2/t8-,9-,10+,11+,12+/m1/s1. The van der Waals surface area contributed by atoms with Gasteiger partial charge in [0.1, 0.15) is 6.10 Å². The second kappa shape index (κ2) is 2.97. The average molecular weight is 204 g/mol. The van der Waals surface area contributed by atoms with Crippen molar-refractivity contribution >= 4 is 5.97 Å². The monoisotopic (exact) mass is 204 g/mol. The van der Waals surface area contributed by atoms with Crippen LogP contribution in [0.3, 0.4) is 0 Å². The fraction of sp³-hybridized carbons (Fsp3) is 0.615. The van der Waals surface area contributed by atoms with Crippen LogP contribution in [-0.2, 0) is 9.53 Å². The highest BCUT2D eigenvalue weighted by Gasteiger charge is 2.57. The van der Waals surface area contributed by atoms with Crippen molar-refractivity contribution in [3.63, 3.8) is 0 Å². The van der Waals surface area contributed by atoms with E-state index in [1.807, 2.05) is 6.08 Å². The predicted molar refractivity (Wildman–Crippen MR) is 57.0 cm³/mol. The van der Waals surface area contributed by atoms with Crippen molar-refractivity contribution in [2.45, 2.75) is 25.4 Å². The zero-order chi connectivity index (χ0) is 10.6. The summed E-state index contributed by atoms with van der Waals surface area (Å²) in [6.45, 7) is 8.05. The number of allylic oxidation sites excluding steroid dienone is 2. The zero-order valence-electron chi connectivity index (χ0n) is 8.82. The first-order valence-electron chi connectivity index (χ1n) is 5.73. The van der Waals surface area contributed by atoms with Gasteiger partial charge < -0.3 is 4.74 Å². The van der Waals surface area contributed by atoms with E-state index in [0.717, 1.165) is 19.3 Å². The molecule has 80 valence electrons. The zero-order valence-corrected chi connectivity index (χ0v) is 8.82. The van der Waals surface area contributed by atoms with Gasteiger partial charge in [-0.05, 0) is 31.1 Å². The molecule has 2 heteroatoms. The molecule has 0 spiro atoms. The van der Waals surface area contributed by atoms with Gasteiger partial charge in [0, 0.05) is 5.92 Å². The van der Waals surface area contributed by atoms with E-state index in [4.69, 9.17) is 4.74 Å². The van der Waals surface area contributed by atoms with Crippen molar-refractivity contribution in [2.75, 3.05) is 0 Å². The van der Waals surface area contributed by atoms with Gasteiger partial charge in [-0.15, -0.1) is 6.58 Å². The molecule has 0 aromatic rings. The molecule has 0 unspecified atom stereocenters. The van der Waals surface area contributed by atoms with Crippen LogP contribution in [0.1, 0.15) is 19.3 Å². The molecule has 1 saturated heterocycles. The first-order chi connectivity index (χ1) is 7.22. The summed E-state index contributed by atoms with van der Waals surface area (Å²) in [6.07, 6.45) is 5.09. The van der Waals surface area contributed by atoms with E-state index >= 15 is 0 Å². The Kier molecular flexibility index (Phi) is 1.82. The maximum atomic E-state index is 11.7. The average Bonchev–Trinajstić information content (AvgIpc) is 2.74. The Morgan fingerprint density at radius 2 is 2.27 bits per heavy atom. The van der Waals surface area contributed by atoms with Gasteiger partial charge in [-0.2, -0.15) is 0 Å². The van der Waals surface area contributed by atoms with Crippen molar-refractivity contribution in [3.8, 4) is 0 Å². The molecule has 0 aromatic carbocycles. The van der Waals surface area contributed by atoms with Gasteiger partial charge in [0.2, 0.25) is 0 Å². The molecule has 15 heavy (non-hydrogen) atoms. The lowest BCUT2D eigenvalue weighted by Gasteiger charge is -2.33. The normalized spacial score (nSPS) is 47.6. The van der Waals surface area contributed by atoms with E-state index < -0.39 is 0 Å². The van der Waals surface area contributed by atoms with Crippen molar-refractivity contribution in [1.82, 2.24) is 0 Å². The van der Waals surface area contributed by atoms with E-state index in [-0.39, 0.29) is 18.0 Å². The van der Waals surface area contributed by atoms with Gasteiger partial charge in [-0.1, -0.05) is 18.2 Å². The van der Waals surface area contributed by atoms with Crippen LogP contribution in [0, 0.1) is 23.7 Å². The third-order valence-corrected chi connectivity index (χ3v) is 4.39. The minimum Gasteiger partial charge on any atom is -0.462 e. The molecule has 1 heterocycles. The Morgan fingerprint density at radius 3 is 3.00 bits per heavy atom. The van der Waals surface area contributed by atoms with E-state index in [1.54, 1.807) is 0 Å². The van der Waals surface area contributed by atoms with Gasteiger partial charge >= 0.3 is 5.97 Å². The summed E-state index contributed by atoms with van der Waals surface area (Å²) < 4.78 is 5.43. The minimum absolute atomic E-state index is 0.0223. The lowest BCUT2D eigenvalue weighted by molar-refractivity contribution is -0.145. The van der Waals surface area contributed by atoms with Crippen molar-refractivity contribution < 1.29 is 9.53 Å². The largest absolute Gasteiger partial charge is 0.462 e. The number of hydrogen-bond donors (Lipinski definition) is 0. The molecule has 2 aliphatic carbocycles. The highest BCUT2D eigenvalue weighted by atomic mass is 16.6. The minimum atomic E-state index is 0.0223. The van der Waals surface area contributed by atoms with Crippen LogP contribution in [0.2, 0.25) is 0 Å². The van der Waals surface area contributed by atoms with Crippen LogP contribution in [0.15, 0.2) is 24.8 Å². The van der Waals surface area contributed by atoms with Crippen molar-refractivity contribution in [2.24, 2.45) is 23.7 Å². The Bertz CT molecular complexity index is 344. The highest BCUT2D eigenvalue weighted by Crippen LogP contribution is 2.55. The lowest BCUT2D eigenvalue weighted by atomic mass is 9.73. The summed E-state index contributed by atoms with van der Waals surface area (Å²) in [7, 11) is 0. The van der Waals surface area contributed by atoms with Gasteiger partial charge in [0.05, 0.1) is 5.92 Å².